The number of carbonyl (C=O) groups excluding carboxylic acids is 1. The second-order valence-electron chi connectivity index (χ2n) is 6.66. The number of aromatic nitrogens is 2. The number of amides is 1. The Kier molecular flexibility index (Phi) is 4.50. The van der Waals surface area contributed by atoms with Crippen LogP contribution in [0.1, 0.15) is 12.8 Å². The molecule has 2 aromatic carbocycles. The van der Waals surface area contributed by atoms with Crippen molar-refractivity contribution in [2.75, 3.05) is 23.3 Å². The van der Waals surface area contributed by atoms with Crippen molar-refractivity contribution in [1.82, 2.24) is 9.55 Å². The molecule has 7 heteroatoms. The Morgan fingerprint density at radius 1 is 1.04 bits per heavy atom. The highest BCUT2D eigenvalue weighted by Crippen LogP contribution is 2.23. The van der Waals surface area contributed by atoms with Gasteiger partial charge in [0.05, 0.1) is 10.9 Å². The number of para-hydroxylation sites is 1. The maximum Gasteiger partial charge on any atom is 0.329 e. The lowest BCUT2D eigenvalue weighted by Crippen LogP contribution is -2.38. The zero-order valence-electron chi connectivity index (χ0n) is 14.8. The molecule has 0 saturated carbocycles. The minimum absolute atomic E-state index is 0.340. The number of H-pyrrole nitrogens is 1. The molecule has 0 aliphatic carbocycles. The number of nitrogens with one attached hydrogen (secondary N) is 2. The lowest BCUT2D eigenvalue weighted by atomic mass is 10.2. The predicted octanol–water partition coefficient (Wildman–Crippen LogP) is 1.93. The van der Waals surface area contributed by atoms with Crippen LogP contribution in [0.15, 0.2) is 58.1 Å². The summed E-state index contributed by atoms with van der Waals surface area (Å²) in [5.41, 5.74) is 1.10. The molecule has 1 aromatic heterocycles. The van der Waals surface area contributed by atoms with Gasteiger partial charge in [-0.25, -0.2) is 4.79 Å². The molecule has 0 unspecified atom stereocenters. The van der Waals surface area contributed by atoms with Crippen molar-refractivity contribution in [2.45, 2.75) is 19.4 Å². The number of aromatic amines is 1. The number of anilines is 2. The Hall–Kier alpha value is -3.35. The molecule has 1 fully saturated rings. The van der Waals surface area contributed by atoms with E-state index >= 15 is 0 Å². The fourth-order valence-corrected chi connectivity index (χ4v) is 3.44. The average molecular weight is 364 g/mol. The summed E-state index contributed by atoms with van der Waals surface area (Å²) in [7, 11) is 0. The summed E-state index contributed by atoms with van der Waals surface area (Å²) < 4.78 is 0.919. The first kappa shape index (κ1) is 17.1. The summed E-state index contributed by atoms with van der Waals surface area (Å²) in [6, 6.07) is 14.4. The van der Waals surface area contributed by atoms with Crippen LogP contribution in [0.5, 0.6) is 0 Å². The van der Waals surface area contributed by atoms with Crippen molar-refractivity contribution < 1.29 is 4.79 Å². The van der Waals surface area contributed by atoms with Crippen LogP contribution in [0.3, 0.4) is 0 Å². The van der Waals surface area contributed by atoms with Crippen LogP contribution < -0.4 is 21.5 Å². The van der Waals surface area contributed by atoms with Gasteiger partial charge in [-0.2, -0.15) is 0 Å². The lowest BCUT2D eigenvalue weighted by Gasteiger charge is -2.18. The molecule has 1 saturated heterocycles. The standard InChI is InChI=1S/C20H20N4O3/c25-18(21-14-6-5-7-15(12-14)23-10-3-4-11-23)13-24-19(26)16-8-1-2-9-17(16)22-20(24)27/h1-2,5-9,12H,3-4,10-11,13H2,(H,21,25)(H,22,27). The summed E-state index contributed by atoms with van der Waals surface area (Å²) in [5.74, 6) is -0.420. The summed E-state index contributed by atoms with van der Waals surface area (Å²) >= 11 is 0. The van der Waals surface area contributed by atoms with Gasteiger partial charge in [0.1, 0.15) is 6.54 Å². The third-order valence-electron chi connectivity index (χ3n) is 4.79. The molecule has 7 nitrogen and oxygen atoms in total. The monoisotopic (exact) mass is 364 g/mol. The van der Waals surface area contributed by atoms with Crippen LogP contribution in [-0.2, 0) is 11.3 Å². The average Bonchev–Trinajstić information content (AvgIpc) is 3.20. The Bertz CT molecular complexity index is 1110. The molecule has 0 radical (unpaired) electrons. The highest BCUT2D eigenvalue weighted by Gasteiger charge is 2.14. The van der Waals surface area contributed by atoms with Crippen molar-refractivity contribution in [3.63, 3.8) is 0 Å². The third-order valence-corrected chi connectivity index (χ3v) is 4.79. The van der Waals surface area contributed by atoms with Gasteiger partial charge in [-0.3, -0.25) is 14.2 Å². The Morgan fingerprint density at radius 3 is 2.63 bits per heavy atom. The molecular weight excluding hydrogens is 344 g/mol. The number of carbonyl (C=O) groups is 1. The summed E-state index contributed by atoms with van der Waals surface area (Å²) in [4.78, 5) is 42.0. The molecular formula is C20H20N4O3. The van der Waals surface area contributed by atoms with Crippen LogP contribution >= 0.6 is 0 Å². The van der Waals surface area contributed by atoms with E-state index in [9.17, 15) is 14.4 Å². The highest BCUT2D eigenvalue weighted by molar-refractivity contribution is 5.91. The second kappa shape index (κ2) is 7.11. The van der Waals surface area contributed by atoms with E-state index in [2.05, 4.69) is 15.2 Å². The van der Waals surface area contributed by atoms with E-state index in [1.807, 2.05) is 18.2 Å². The molecule has 2 heterocycles. The van der Waals surface area contributed by atoms with Gasteiger partial charge >= 0.3 is 5.69 Å². The smallest absolute Gasteiger partial charge is 0.329 e. The molecule has 1 aliphatic heterocycles. The zero-order chi connectivity index (χ0) is 18.8. The largest absolute Gasteiger partial charge is 0.371 e. The van der Waals surface area contributed by atoms with Gasteiger partial charge in [0, 0.05) is 24.5 Å². The van der Waals surface area contributed by atoms with Crippen molar-refractivity contribution in [1.29, 1.82) is 0 Å². The van der Waals surface area contributed by atoms with Gasteiger partial charge in [-0.1, -0.05) is 18.2 Å². The Balaban J connectivity index is 1.55. The molecule has 0 bridgehead atoms. The van der Waals surface area contributed by atoms with Crippen LogP contribution in [0.25, 0.3) is 10.9 Å². The van der Waals surface area contributed by atoms with E-state index in [0.717, 1.165) is 23.3 Å². The molecule has 27 heavy (non-hydrogen) atoms. The topological polar surface area (TPSA) is 87.2 Å². The first-order valence-corrected chi connectivity index (χ1v) is 8.98. The van der Waals surface area contributed by atoms with E-state index in [0.29, 0.717) is 16.6 Å². The fourth-order valence-electron chi connectivity index (χ4n) is 3.44. The SMILES string of the molecule is O=C(Cn1c(=O)[nH]c2ccccc2c1=O)Nc1cccc(N2CCCC2)c1. The van der Waals surface area contributed by atoms with Crippen LogP contribution in [0.2, 0.25) is 0 Å². The number of rotatable bonds is 4. The minimum Gasteiger partial charge on any atom is -0.371 e. The van der Waals surface area contributed by atoms with Gasteiger partial charge < -0.3 is 15.2 Å². The van der Waals surface area contributed by atoms with E-state index < -0.39 is 17.2 Å². The summed E-state index contributed by atoms with van der Waals surface area (Å²) in [5, 5.41) is 3.15. The quantitative estimate of drug-likeness (QED) is 0.741. The van der Waals surface area contributed by atoms with Crippen molar-refractivity contribution in [2.24, 2.45) is 0 Å². The van der Waals surface area contributed by atoms with Crippen LogP contribution in [-0.4, -0.2) is 28.5 Å². The van der Waals surface area contributed by atoms with Gasteiger partial charge in [0.25, 0.3) is 5.56 Å². The molecule has 1 amide bonds. The maximum atomic E-state index is 12.5. The predicted molar refractivity (Wildman–Crippen MR) is 105 cm³/mol. The van der Waals surface area contributed by atoms with E-state index in [1.54, 1.807) is 30.3 Å². The zero-order valence-corrected chi connectivity index (χ0v) is 14.8. The third kappa shape index (κ3) is 3.48. The number of hydrogen-bond acceptors (Lipinski definition) is 4. The lowest BCUT2D eigenvalue weighted by molar-refractivity contribution is -0.116. The Labute approximate surface area is 155 Å². The summed E-state index contributed by atoms with van der Waals surface area (Å²) in [6.45, 7) is 1.69. The molecule has 0 atom stereocenters. The van der Waals surface area contributed by atoms with Crippen molar-refractivity contribution in [3.8, 4) is 0 Å². The van der Waals surface area contributed by atoms with Crippen LogP contribution in [0.4, 0.5) is 11.4 Å². The van der Waals surface area contributed by atoms with Gasteiger partial charge in [-0.05, 0) is 43.2 Å². The van der Waals surface area contributed by atoms with Crippen LogP contribution in [0, 0.1) is 0 Å². The molecule has 138 valence electrons. The summed E-state index contributed by atoms with van der Waals surface area (Å²) in [6.07, 6.45) is 2.34. The van der Waals surface area contributed by atoms with Gasteiger partial charge in [0.2, 0.25) is 5.91 Å². The van der Waals surface area contributed by atoms with Gasteiger partial charge in [-0.15, -0.1) is 0 Å². The number of fused-ring (bicyclic) bond motifs is 1. The molecule has 4 rings (SSSR count). The maximum absolute atomic E-state index is 12.5. The number of benzene rings is 2. The highest BCUT2D eigenvalue weighted by atomic mass is 16.2. The number of nitrogens with zero attached hydrogens (tertiary/aromatic N) is 2. The molecule has 1 aliphatic rings. The fraction of sp³-hybridized carbons (Fsp3) is 0.250. The van der Waals surface area contributed by atoms with E-state index in [1.165, 1.54) is 12.8 Å². The van der Waals surface area contributed by atoms with E-state index in [4.69, 9.17) is 0 Å². The van der Waals surface area contributed by atoms with Crippen molar-refractivity contribution in [3.05, 3.63) is 69.4 Å². The van der Waals surface area contributed by atoms with Gasteiger partial charge in [0.15, 0.2) is 0 Å². The first-order chi connectivity index (χ1) is 13.1. The number of hydrogen-bond donors (Lipinski definition) is 2. The Morgan fingerprint density at radius 2 is 1.81 bits per heavy atom. The molecule has 0 spiro atoms. The normalized spacial score (nSPS) is 13.9. The second-order valence-corrected chi connectivity index (χ2v) is 6.66. The first-order valence-electron chi connectivity index (χ1n) is 8.98. The molecule has 2 N–H and O–H groups in total. The van der Waals surface area contributed by atoms with Crippen molar-refractivity contribution >= 4 is 28.2 Å². The van der Waals surface area contributed by atoms with E-state index in [-0.39, 0.29) is 6.54 Å². The molecule has 3 aromatic rings. The minimum atomic E-state index is -0.598.